The monoisotopic (exact) mass is 158 g/mol. The van der Waals surface area contributed by atoms with Crippen LogP contribution in [0.15, 0.2) is 12.2 Å². The first kappa shape index (κ1) is 10.7. The molecule has 0 bridgehead atoms. The summed E-state index contributed by atoms with van der Waals surface area (Å²) in [5.74, 6) is 0.0864. The fourth-order valence-corrected chi connectivity index (χ4v) is 1.04. The molecule has 2 heteroatoms. The Morgan fingerprint density at radius 1 is 1.36 bits per heavy atom. The van der Waals surface area contributed by atoms with Gasteiger partial charge in [0.1, 0.15) is 0 Å². The first-order chi connectivity index (χ1) is 5.13. The summed E-state index contributed by atoms with van der Waals surface area (Å²) in [7, 11) is 0. The molecule has 0 heterocycles. The lowest BCUT2D eigenvalue weighted by Crippen LogP contribution is -2.26. The minimum Gasteiger partial charge on any atom is -0.396 e. The summed E-state index contributed by atoms with van der Waals surface area (Å²) in [4.78, 5) is 0. The van der Waals surface area contributed by atoms with Gasteiger partial charge in [0.15, 0.2) is 0 Å². The van der Waals surface area contributed by atoms with Crippen molar-refractivity contribution in [3.63, 3.8) is 0 Å². The summed E-state index contributed by atoms with van der Waals surface area (Å²) in [5, 5.41) is 18.2. The van der Waals surface area contributed by atoms with E-state index in [0.717, 1.165) is 0 Å². The first-order valence-electron chi connectivity index (χ1n) is 4.05. The second kappa shape index (κ2) is 5.33. The quantitative estimate of drug-likeness (QED) is 0.603. The summed E-state index contributed by atoms with van der Waals surface area (Å²) in [6.45, 7) is 5.75. The average Bonchev–Trinajstić information content (AvgIpc) is 2.02. The maximum atomic E-state index is 9.51. The standard InChI is InChI=1S/C9H18O2/c1-4-5-7(2)9(11)8(3)6-10/h4-5,7-11H,6H2,1-3H3/b5-4+. The van der Waals surface area contributed by atoms with E-state index >= 15 is 0 Å². The Balaban J connectivity index is 3.90. The highest BCUT2D eigenvalue weighted by atomic mass is 16.3. The van der Waals surface area contributed by atoms with Crippen molar-refractivity contribution < 1.29 is 10.2 Å². The van der Waals surface area contributed by atoms with Crippen molar-refractivity contribution in [3.05, 3.63) is 12.2 Å². The topological polar surface area (TPSA) is 40.5 Å². The van der Waals surface area contributed by atoms with Gasteiger partial charge in [0.2, 0.25) is 0 Å². The van der Waals surface area contributed by atoms with Gasteiger partial charge in [-0.2, -0.15) is 0 Å². The van der Waals surface area contributed by atoms with Gasteiger partial charge in [0.25, 0.3) is 0 Å². The van der Waals surface area contributed by atoms with E-state index in [4.69, 9.17) is 5.11 Å². The third-order valence-electron chi connectivity index (χ3n) is 1.91. The Morgan fingerprint density at radius 3 is 2.27 bits per heavy atom. The summed E-state index contributed by atoms with van der Waals surface area (Å²) in [6.07, 6.45) is 3.42. The predicted octanol–water partition coefficient (Wildman–Crippen LogP) is 1.19. The van der Waals surface area contributed by atoms with Gasteiger partial charge in [-0.05, 0) is 6.92 Å². The van der Waals surface area contributed by atoms with Gasteiger partial charge in [-0.1, -0.05) is 26.0 Å². The number of aliphatic hydroxyl groups excluding tert-OH is 2. The molecule has 66 valence electrons. The van der Waals surface area contributed by atoms with Crippen molar-refractivity contribution in [2.24, 2.45) is 11.8 Å². The lowest BCUT2D eigenvalue weighted by Gasteiger charge is -2.20. The van der Waals surface area contributed by atoms with Crippen LogP contribution in [0.5, 0.6) is 0 Å². The highest BCUT2D eigenvalue weighted by molar-refractivity contribution is 4.88. The van der Waals surface area contributed by atoms with Crippen LogP contribution in [0.2, 0.25) is 0 Å². The Kier molecular flexibility index (Phi) is 5.16. The van der Waals surface area contributed by atoms with E-state index in [1.807, 2.05) is 32.9 Å². The molecule has 11 heavy (non-hydrogen) atoms. The summed E-state index contributed by atoms with van der Waals surface area (Å²) in [6, 6.07) is 0. The van der Waals surface area contributed by atoms with Crippen molar-refractivity contribution in [1.82, 2.24) is 0 Å². The van der Waals surface area contributed by atoms with Crippen molar-refractivity contribution in [2.75, 3.05) is 6.61 Å². The predicted molar refractivity (Wildman–Crippen MR) is 46.2 cm³/mol. The molecule has 0 aromatic heterocycles. The molecule has 0 aromatic carbocycles. The zero-order valence-corrected chi connectivity index (χ0v) is 7.49. The Hall–Kier alpha value is -0.340. The van der Waals surface area contributed by atoms with E-state index in [1.54, 1.807) is 0 Å². The van der Waals surface area contributed by atoms with Crippen molar-refractivity contribution in [2.45, 2.75) is 26.9 Å². The van der Waals surface area contributed by atoms with Crippen molar-refractivity contribution in [3.8, 4) is 0 Å². The molecule has 0 aromatic rings. The van der Waals surface area contributed by atoms with Crippen LogP contribution < -0.4 is 0 Å². The zero-order chi connectivity index (χ0) is 8.85. The van der Waals surface area contributed by atoms with E-state index in [1.165, 1.54) is 0 Å². The van der Waals surface area contributed by atoms with Crippen LogP contribution in [0, 0.1) is 11.8 Å². The van der Waals surface area contributed by atoms with Crippen LogP contribution in [0.3, 0.4) is 0 Å². The molecule has 0 rings (SSSR count). The van der Waals surface area contributed by atoms with Crippen LogP contribution in [0.1, 0.15) is 20.8 Å². The maximum absolute atomic E-state index is 9.51. The largest absolute Gasteiger partial charge is 0.396 e. The van der Waals surface area contributed by atoms with Gasteiger partial charge >= 0.3 is 0 Å². The van der Waals surface area contributed by atoms with E-state index in [9.17, 15) is 5.11 Å². The van der Waals surface area contributed by atoms with Crippen LogP contribution >= 0.6 is 0 Å². The maximum Gasteiger partial charge on any atom is 0.0647 e. The third-order valence-corrected chi connectivity index (χ3v) is 1.91. The van der Waals surface area contributed by atoms with E-state index in [2.05, 4.69) is 0 Å². The van der Waals surface area contributed by atoms with E-state index in [0.29, 0.717) is 0 Å². The minimum atomic E-state index is -0.434. The molecular formula is C9H18O2. The molecule has 0 fully saturated rings. The third kappa shape index (κ3) is 3.54. The molecule has 3 unspecified atom stereocenters. The van der Waals surface area contributed by atoms with Crippen LogP contribution in [0.25, 0.3) is 0 Å². The fourth-order valence-electron chi connectivity index (χ4n) is 1.04. The molecule has 2 N–H and O–H groups in total. The smallest absolute Gasteiger partial charge is 0.0647 e. The number of hydrogen-bond donors (Lipinski definition) is 2. The van der Waals surface area contributed by atoms with Crippen LogP contribution in [-0.4, -0.2) is 22.9 Å². The van der Waals surface area contributed by atoms with Crippen molar-refractivity contribution >= 4 is 0 Å². The molecule has 0 aliphatic heterocycles. The van der Waals surface area contributed by atoms with Gasteiger partial charge in [-0.25, -0.2) is 0 Å². The van der Waals surface area contributed by atoms with Crippen LogP contribution in [-0.2, 0) is 0 Å². The lowest BCUT2D eigenvalue weighted by molar-refractivity contribution is 0.0512. The first-order valence-corrected chi connectivity index (χ1v) is 4.05. The molecule has 0 aliphatic carbocycles. The molecule has 0 aliphatic rings. The molecule has 0 spiro atoms. The Labute approximate surface area is 68.6 Å². The highest BCUT2D eigenvalue weighted by Crippen LogP contribution is 2.13. The highest BCUT2D eigenvalue weighted by Gasteiger charge is 2.17. The van der Waals surface area contributed by atoms with Gasteiger partial charge in [-0.15, -0.1) is 0 Å². The van der Waals surface area contributed by atoms with E-state index < -0.39 is 6.10 Å². The normalized spacial score (nSPS) is 20.1. The van der Waals surface area contributed by atoms with Gasteiger partial charge < -0.3 is 10.2 Å². The second-order valence-corrected chi connectivity index (χ2v) is 3.04. The summed E-state index contributed by atoms with van der Waals surface area (Å²) >= 11 is 0. The minimum absolute atomic E-state index is 0.0406. The summed E-state index contributed by atoms with van der Waals surface area (Å²) in [5.41, 5.74) is 0. The second-order valence-electron chi connectivity index (χ2n) is 3.04. The number of aliphatic hydroxyl groups is 2. The zero-order valence-electron chi connectivity index (χ0n) is 7.49. The van der Waals surface area contributed by atoms with Crippen LogP contribution in [0.4, 0.5) is 0 Å². The summed E-state index contributed by atoms with van der Waals surface area (Å²) < 4.78 is 0. The molecule has 0 saturated carbocycles. The van der Waals surface area contributed by atoms with E-state index in [-0.39, 0.29) is 18.4 Å². The van der Waals surface area contributed by atoms with Gasteiger partial charge in [0.05, 0.1) is 6.10 Å². The molecule has 0 amide bonds. The Bertz CT molecular complexity index is 121. The molecule has 0 saturated heterocycles. The number of allylic oxidation sites excluding steroid dienone is 1. The molecule has 2 nitrogen and oxygen atoms in total. The molecule has 3 atom stereocenters. The lowest BCUT2D eigenvalue weighted by atomic mass is 9.94. The SMILES string of the molecule is C/C=C/C(C)C(O)C(C)CO. The van der Waals surface area contributed by atoms with Crippen molar-refractivity contribution in [1.29, 1.82) is 0 Å². The molecular weight excluding hydrogens is 140 g/mol. The number of hydrogen-bond acceptors (Lipinski definition) is 2. The average molecular weight is 158 g/mol. The number of rotatable bonds is 4. The fraction of sp³-hybridized carbons (Fsp3) is 0.778. The van der Waals surface area contributed by atoms with Gasteiger partial charge in [0, 0.05) is 18.4 Å². The molecule has 0 radical (unpaired) electrons. The van der Waals surface area contributed by atoms with Gasteiger partial charge in [-0.3, -0.25) is 0 Å². The Morgan fingerprint density at radius 2 is 1.91 bits per heavy atom.